The molecule has 1 unspecified atom stereocenters. The van der Waals surface area contributed by atoms with Crippen LogP contribution in [-0.2, 0) is 16.1 Å². The number of amides is 1. The van der Waals surface area contributed by atoms with E-state index in [4.69, 9.17) is 0 Å². The molecule has 2 aliphatic rings. The summed E-state index contributed by atoms with van der Waals surface area (Å²) in [6.07, 6.45) is 6.05. The molecule has 1 amide bonds. The fourth-order valence-corrected chi connectivity index (χ4v) is 4.67. The second-order valence-corrected chi connectivity index (χ2v) is 8.09. The maximum atomic E-state index is 11.9. The quantitative estimate of drug-likeness (QED) is 0.877. The van der Waals surface area contributed by atoms with Crippen LogP contribution in [-0.4, -0.2) is 62.2 Å². The van der Waals surface area contributed by atoms with Gasteiger partial charge in [-0.05, 0) is 48.4 Å². The first-order valence-corrected chi connectivity index (χ1v) is 9.77. The Morgan fingerprint density at radius 3 is 2.68 bits per heavy atom. The molecule has 2 aliphatic heterocycles. The fraction of sp³-hybridized carbons (Fsp3) is 0.476. The topological polar surface area (TPSA) is 78.7 Å². The highest BCUT2D eigenvalue weighted by molar-refractivity contribution is 5.74. The number of carbonyl (C=O) groups is 2. The summed E-state index contributed by atoms with van der Waals surface area (Å²) in [5, 5.41) is 14.1. The molecular formula is C21H26N4O3. The summed E-state index contributed by atoms with van der Waals surface area (Å²) >= 11 is 0. The van der Waals surface area contributed by atoms with Crippen molar-refractivity contribution in [3.8, 4) is 5.69 Å². The molecule has 0 bridgehead atoms. The molecular weight excluding hydrogens is 356 g/mol. The lowest BCUT2D eigenvalue weighted by molar-refractivity contribution is -0.142. The van der Waals surface area contributed by atoms with Crippen molar-refractivity contribution < 1.29 is 14.7 Å². The number of rotatable bonds is 4. The van der Waals surface area contributed by atoms with E-state index in [0.717, 1.165) is 43.7 Å². The van der Waals surface area contributed by atoms with E-state index in [2.05, 4.69) is 16.1 Å². The highest BCUT2D eigenvalue weighted by atomic mass is 16.4. The van der Waals surface area contributed by atoms with E-state index in [9.17, 15) is 14.7 Å². The lowest BCUT2D eigenvalue weighted by atomic mass is 9.76. The average Bonchev–Trinajstić information content (AvgIpc) is 3.31. The predicted molar refractivity (Wildman–Crippen MR) is 104 cm³/mol. The Morgan fingerprint density at radius 1 is 1.25 bits per heavy atom. The lowest BCUT2D eigenvalue weighted by Crippen LogP contribution is -2.43. The molecule has 1 aromatic carbocycles. The molecule has 2 saturated heterocycles. The zero-order chi connectivity index (χ0) is 19.7. The minimum Gasteiger partial charge on any atom is -0.480 e. The molecule has 7 heteroatoms. The van der Waals surface area contributed by atoms with Crippen molar-refractivity contribution in [1.82, 2.24) is 19.6 Å². The number of aromatic nitrogens is 2. The molecule has 1 N–H and O–H groups in total. The van der Waals surface area contributed by atoms with Crippen molar-refractivity contribution >= 4 is 11.9 Å². The zero-order valence-corrected chi connectivity index (χ0v) is 16.1. The van der Waals surface area contributed by atoms with Crippen molar-refractivity contribution in [2.75, 3.05) is 19.6 Å². The van der Waals surface area contributed by atoms with Crippen LogP contribution in [0.4, 0.5) is 0 Å². The van der Waals surface area contributed by atoms with Gasteiger partial charge in [0.25, 0.3) is 0 Å². The number of carboxylic acid groups (broad SMARTS) is 1. The van der Waals surface area contributed by atoms with E-state index >= 15 is 0 Å². The molecule has 0 aliphatic carbocycles. The standard InChI is InChI=1S/C21H26N4O3/c1-16(26)23-10-6-21(7-11-23)13-19(20(27)28)24(15-21)14-17-4-2-5-18(12-17)25-9-3-8-22-25/h2-5,8-9,12,19H,6-7,10-11,13-15H2,1H3,(H,27,28). The summed E-state index contributed by atoms with van der Waals surface area (Å²) in [7, 11) is 0. The van der Waals surface area contributed by atoms with Crippen LogP contribution in [0.5, 0.6) is 0 Å². The summed E-state index contributed by atoms with van der Waals surface area (Å²) in [6, 6.07) is 9.49. The highest BCUT2D eigenvalue weighted by Crippen LogP contribution is 2.44. The predicted octanol–water partition coefficient (Wildman–Crippen LogP) is 2.16. The van der Waals surface area contributed by atoms with Crippen LogP contribution in [0.1, 0.15) is 31.7 Å². The molecule has 1 spiro atoms. The second-order valence-electron chi connectivity index (χ2n) is 8.09. The SMILES string of the molecule is CC(=O)N1CCC2(CC1)CC(C(=O)O)N(Cc1cccc(-n3cccn3)c1)C2. The molecule has 0 radical (unpaired) electrons. The normalized spacial score (nSPS) is 21.9. The van der Waals surface area contributed by atoms with E-state index in [1.807, 2.05) is 35.4 Å². The van der Waals surface area contributed by atoms with Gasteiger partial charge in [-0.25, -0.2) is 4.68 Å². The molecule has 7 nitrogen and oxygen atoms in total. The molecule has 2 aromatic rings. The van der Waals surface area contributed by atoms with Crippen LogP contribution in [0, 0.1) is 5.41 Å². The van der Waals surface area contributed by atoms with Gasteiger partial charge in [0.05, 0.1) is 5.69 Å². The van der Waals surface area contributed by atoms with E-state index < -0.39 is 12.0 Å². The highest BCUT2D eigenvalue weighted by Gasteiger charge is 2.48. The van der Waals surface area contributed by atoms with Gasteiger partial charge in [0, 0.05) is 45.5 Å². The van der Waals surface area contributed by atoms with Gasteiger partial charge in [0.15, 0.2) is 0 Å². The summed E-state index contributed by atoms with van der Waals surface area (Å²) in [5.74, 6) is -0.649. The molecule has 148 valence electrons. The summed E-state index contributed by atoms with van der Waals surface area (Å²) in [4.78, 5) is 27.5. The van der Waals surface area contributed by atoms with Crippen LogP contribution >= 0.6 is 0 Å². The smallest absolute Gasteiger partial charge is 0.320 e. The number of aliphatic carboxylic acids is 1. The Hall–Kier alpha value is -2.67. The minimum atomic E-state index is -0.755. The Balaban J connectivity index is 1.50. The summed E-state index contributed by atoms with van der Waals surface area (Å²) in [5.41, 5.74) is 2.05. The van der Waals surface area contributed by atoms with E-state index in [1.54, 1.807) is 17.8 Å². The molecule has 1 aromatic heterocycles. The largest absolute Gasteiger partial charge is 0.480 e. The molecule has 3 heterocycles. The van der Waals surface area contributed by atoms with Gasteiger partial charge in [-0.1, -0.05) is 12.1 Å². The average molecular weight is 382 g/mol. The maximum absolute atomic E-state index is 11.9. The number of carboxylic acids is 1. The fourth-order valence-electron chi connectivity index (χ4n) is 4.67. The Labute approximate surface area is 164 Å². The van der Waals surface area contributed by atoms with Gasteiger partial charge in [0.2, 0.25) is 5.91 Å². The molecule has 1 atom stereocenters. The van der Waals surface area contributed by atoms with E-state index in [0.29, 0.717) is 13.0 Å². The van der Waals surface area contributed by atoms with Crippen LogP contribution in [0.3, 0.4) is 0 Å². The van der Waals surface area contributed by atoms with Gasteiger partial charge in [-0.15, -0.1) is 0 Å². The number of nitrogens with zero attached hydrogens (tertiary/aromatic N) is 4. The minimum absolute atomic E-state index is 0.00536. The van der Waals surface area contributed by atoms with Crippen LogP contribution in [0.15, 0.2) is 42.7 Å². The number of carbonyl (C=O) groups excluding carboxylic acids is 1. The van der Waals surface area contributed by atoms with Crippen molar-refractivity contribution in [2.45, 2.75) is 38.8 Å². The molecule has 2 fully saturated rings. The van der Waals surface area contributed by atoms with Gasteiger partial charge in [-0.2, -0.15) is 5.10 Å². The molecule has 4 rings (SSSR count). The van der Waals surface area contributed by atoms with Gasteiger partial charge >= 0.3 is 5.97 Å². The third-order valence-electron chi connectivity index (χ3n) is 6.23. The van der Waals surface area contributed by atoms with Gasteiger partial charge in [-0.3, -0.25) is 14.5 Å². The van der Waals surface area contributed by atoms with Gasteiger partial charge in [0.1, 0.15) is 6.04 Å². The van der Waals surface area contributed by atoms with Crippen LogP contribution in [0.2, 0.25) is 0 Å². The van der Waals surface area contributed by atoms with Crippen molar-refractivity contribution in [1.29, 1.82) is 0 Å². The van der Waals surface area contributed by atoms with Crippen molar-refractivity contribution in [3.05, 3.63) is 48.3 Å². The Bertz CT molecular complexity index is 856. The first-order valence-electron chi connectivity index (χ1n) is 9.77. The summed E-state index contributed by atoms with van der Waals surface area (Å²) in [6.45, 7) is 4.42. The second kappa shape index (κ2) is 7.39. The Kier molecular flexibility index (Phi) is 4.93. The maximum Gasteiger partial charge on any atom is 0.320 e. The number of hydrogen-bond donors (Lipinski definition) is 1. The van der Waals surface area contributed by atoms with Crippen molar-refractivity contribution in [2.24, 2.45) is 5.41 Å². The summed E-state index contributed by atoms with van der Waals surface area (Å²) < 4.78 is 1.81. The van der Waals surface area contributed by atoms with Gasteiger partial charge < -0.3 is 10.0 Å². The van der Waals surface area contributed by atoms with Crippen LogP contribution in [0.25, 0.3) is 5.69 Å². The third-order valence-corrected chi connectivity index (χ3v) is 6.23. The number of hydrogen-bond acceptors (Lipinski definition) is 4. The number of likely N-dealkylation sites (tertiary alicyclic amines) is 2. The number of piperidine rings is 1. The molecule has 0 saturated carbocycles. The van der Waals surface area contributed by atoms with E-state index in [-0.39, 0.29) is 11.3 Å². The lowest BCUT2D eigenvalue weighted by Gasteiger charge is -2.39. The number of benzene rings is 1. The Morgan fingerprint density at radius 2 is 2.04 bits per heavy atom. The van der Waals surface area contributed by atoms with Crippen LogP contribution < -0.4 is 0 Å². The first kappa shape index (κ1) is 18.7. The zero-order valence-electron chi connectivity index (χ0n) is 16.1. The van der Waals surface area contributed by atoms with Crippen molar-refractivity contribution in [3.63, 3.8) is 0 Å². The first-order chi connectivity index (χ1) is 13.5. The molecule has 28 heavy (non-hydrogen) atoms. The van der Waals surface area contributed by atoms with E-state index in [1.165, 1.54) is 0 Å². The third kappa shape index (κ3) is 3.67. The monoisotopic (exact) mass is 382 g/mol.